The molecule has 2 aromatic carbocycles. The maximum absolute atomic E-state index is 12.3. The van der Waals surface area contributed by atoms with E-state index in [-0.39, 0.29) is 5.91 Å². The van der Waals surface area contributed by atoms with Crippen molar-refractivity contribution in [3.05, 3.63) is 55.1 Å². The van der Waals surface area contributed by atoms with Crippen molar-refractivity contribution >= 4 is 17.3 Å². The van der Waals surface area contributed by atoms with Crippen LogP contribution in [-0.4, -0.2) is 30.6 Å². The molecule has 0 aliphatic heterocycles. The summed E-state index contributed by atoms with van der Waals surface area (Å²) in [7, 11) is 3.20. The SMILES string of the molecule is COc1cccc(N(c2ccc(-c3cnco3)c(OC)c2)C2(C(N)=O)CC2)c1. The Labute approximate surface area is 162 Å². The van der Waals surface area contributed by atoms with Crippen molar-refractivity contribution in [1.82, 2.24) is 4.98 Å². The average molecular weight is 379 g/mol. The maximum atomic E-state index is 12.3. The smallest absolute Gasteiger partial charge is 0.243 e. The summed E-state index contributed by atoms with van der Waals surface area (Å²) in [5, 5.41) is 0. The summed E-state index contributed by atoms with van der Waals surface area (Å²) < 4.78 is 16.3. The minimum absolute atomic E-state index is 0.353. The molecule has 0 spiro atoms. The van der Waals surface area contributed by atoms with E-state index in [1.165, 1.54) is 6.39 Å². The van der Waals surface area contributed by atoms with Gasteiger partial charge >= 0.3 is 0 Å². The predicted molar refractivity (Wildman–Crippen MR) is 105 cm³/mol. The molecule has 1 aromatic heterocycles. The van der Waals surface area contributed by atoms with Crippen molar-refractivity contribution in [3.8, 4) is 22.8 Å². The van der Waals surface area contributed by atoms with Gasteiger partial charge in [0.15, 0.2) is 12.2 Å². The molecule has 1 saturated carbocycles. The highest BCUT2D eigenvalue weighted by Gasteiger charge is 2.54. The average Bonchev–Trinajstić information content (AvgIpc) is 3.33. The molecule has 7 nitrogen and oxygen atoms in total. The molecule has 7 heteroatoms. The van der Waals surface area contributed by atoms with Crippen molar-refractivity contribution < 1.29 is 18.7 Å². The number of nitrogens with two attached hydrogens (primary N) is 1. The first kappa shape index (κ1) is 17.9. The van der Waals surface area contributed by atoms with Crippen LogP contribution >= 0.6 is 0 Å². The van der Waals surface area contributed by atoms with Gasteiger partial charge in [0.2, 0.25) is 5.91 Å². The molecule has 0 unspecified atom stereocenters. The molecule has 1 heterocycles. The number of ether oxygens (including phenoxy) is 2. The van der Waals surface area contributed by atoms with Crippen LogP contribution < -0.4 is 20.1 Å². The molecular formula is C21H21N3O4. The van der Waals surface area contributed by atoms with E-state index >= 15 is 0 Å². The summed E-state index contributed by atoms with van der Waals surface area (Å²) in [6, 6.07) is 13.3. The zero-order chi connectivity index (χ0) is 19.7. The second kappa shape index (κ2) is 6.92. The van der Waals surface area contributed by atoms with Crippen LogP contribution in [0.2, 0.25) is 0 Å². The number of rotatable bonds is 7. The van der Waals surface area contributed by atoms with Crippen LogP contribution in [0.3, 0.4) is 0 Å². The lowest BCUT2D eigenvalue weighted by atomic mass is 10.1. The van der Waals surface area contributed by atoms with Gasteiger partial charge in [0.1, 0.15) is 17.0 Å². The lowest BCUT2D eigenvalue weighted by molar-refractivity contribution is -0.120. The largest absolute Gasteiger partial charge is 0.497 e. The number of methoxy groups -OCH3 is 2. The number of amides is 1. The molecule has 28 heavy (non-hydrogen) atoms. The normalized spacial score (nSPS) is 14.4. The Hall–Kier alpha value is -3.48. The van der Waals surface area contributed by atoms with Crippen molar-refractivity contribution in [2.75, 3.05) is 19.1 Å². The van der Waals surface area contributed by atoms with Gasteiger partial charge in [0.05, 0.1) is 26.0 Å². The van der Waals surface area contributed by atoms with Crippen molar-refractivity contribution in [2.45, 2.75) is 18.4 Å². The molecule has 1 fully saturated rings. The van der Waals surface area contributed by atoms with Crippen LogP contribution in [0.15, 0.2) is 59.5 Å². The minimum atomic E-state index is -0.759. The summed E-state index contributed by atoms with van der Waals surface area (Å²) in [5.74, 6) is 1.57. The Morgan fingerprint density at radius 3 is 2.54 bits per heavy atom. The summed E-state index contributed by atoms with van der Waals surface area (Å²) in [5.41, 5.74) is 7.43. The van der Waals surface area contributed by atoms with Gasteiger partial charge in [-0.1, -0.05) is 6.07 Å². The molecule has 3 aromatic rings. The molecule has 0 atom stereocenters. The monoisotopic (exact) mass is 379 g/mol. The third kappa shape index (κ3) is 2.94. The Morgan fingerprint density at radius 2 is 1.93 bits per heavy atom. The molecule has 1 aliphatic rings. The van der Waals surface area contributed by atoms with Crippen LogP contribution in [0.25, 0.3) is 11.3 Å². The second-order valence-electron chi connectivity index (χ2n) is 6.68. The van der Waals surface area contributed by atoms with Gasteiger partial charge in [-0.25, -0.2) is 4.98 Å². The molecule has 4 rings (SSSR count). The predicted octanol–water partition coefficient (Wildman–Crippen LogP) is 3.51. The number of benzene rings is 2. The second-order valence-corrected chi connectivity index (χ2v) is 6.68. The van der Waals surface area contributed by atoms with E-state index in [2.05, 4.69) is 4.98 Å². The molecule has 1 amide bonds. The molecule has 0 bridgehead atoms. The van der Waals surface area contributed by atoms with Gasteiger partial charge < -0.3 is 24.5 Å². The lowest BCUT2D eigenvalue weighted by Gasteiger charge is -2.32. The fraction of sp³-hybridized carbons (Fsp3) is 0.238. The van der Waals surface area contributed by atoms with Gasteiger partial charge in [0.25, 0.3) is 0 Å². The van der Waals surface area contributed by atoms with Crippen LogP contribution in [0.1, 0.15) is 12.8 Å². The van der Waals surface area contributed by atoms with E-state index in [9.17, 15) is 4.79 Å². The van der Waals surface area contributed by atoms with E-state index in [0.717, 1.165) is 16.9 Å². The fourth-order valence-corrected chi connectivity index (χ4v) is 3.46. The quantitative estimate of drug-likeness (QED) is 0.675. The van der Waals surface area contributed by atoms with E-state index in [4.69, 9.17) is 19.6 Å². The standard InChI is InChI=1S/C21H21N3O4/c1-26-16-5-3-4-14(10-16)24(21(8-9-21)20(22)25)15-6-7-17(18(11-15)27-2)19-12-23-13-28-19/h3-7,10-13H,8-9H2,1-2H3,(H2,22,25). The van der Waals surface area contributed by atoms with Crippen molar-refractivity contribution in [3.63, 3.8) is 0 Å². The van der Waals surface area contributed by atoms with Gasteiger partial charge in [-0.3, -0.25) is 4.79 Å². The number of hydrogen-bond acceptors (Lipinski definition) is 6. The summed E-state index contributed by atoms with van der Waals surface area (Å²) in [4.78, 5) is 18.3. The number of primary amides is 1. The van der Waals surface area contributed by atoms with Gasteiger partial charge in [-0.15, -0.1) is 0 Å². The Morgan fingerprint density at radius 1 is 1.14 bits per heavy atom. The molecule has 144 valence electrons. The first-order chi connectivity index (χ1) is 13.6. The van der Waals surface area contributed by atoms with Crippen molar-refractivity contribution in [1.29, 1.82) is 0 Å². The van der Waals surface area contributed by atoms with Crippen LogP contribution in [0, 0.1) is 0 Å². The number of aromatic nitrogens is 1. The number of hydrogen-bond donors (Lipinski definition) is 1. The van der Waals surface area contributed by atoms with Gasteiger partial charge in [0, 0.05) is 23.5 Å². The highest BCUT2D eigenvalue weighted by Crippen LogP contribution is 2.50. The van der Waals surface area contributed by atoms with Crippen molar-refractivity contribution in [2.24, 2.45) is 5.73 Å². The van der Waals surface area contributed by atoms with Gasteiger partial charge in [-0.05, 0) is 37.1 Å². The maximum Gasteiger partial charge on any atom is 0.243 e. The van der Waals surface area contributed by atoms with Gasteiger partial charge in [-0.2, -0.15) is 0 Å². The first-order valence-electron chi connectivity index (χ1n) is 8.90. The molecule has 1 aliphatic carbocycles. The molecular weight excluding hydrogens is 358 g/mol. The minimum Gasteiger partial charge on any atom is -0.497 e. The number of carbonyl (C=O) groups is 1. The van der Waals surface area contributed by atoms with E-state index < -0.39 is 5.54 Å². The van der Waals surface area contributed by atoms with Crippen LogP contribution in [0.5, 0.6) is 11.5 Å². The number of carbonyl (C=O) groups excluding carboxylic acids is 1. The summed E-state index contributed by atoms with van der Waals surface area (Å²) in [6.45, 7) is 0. The lowest BCUT2D eigenvalue weighted by Crippen LogP contribution is -2.44. The highest BCUT2D eigenvalue weighted by molar-refractivity contribution is 5.95. The van der Waals surface area contributed by atoms with Crippen LogP contribution in [0.4, 0.5) is 11.4 Å². The topological polar surface area (TPSA) is 90.8 Å². The first-order valence-corrected chi connectivity index (χ1v) is 8.90. The third-order valence-corrected chi connectivity index (χ3v) is 5.06. The number of oxazole rings is 1. The van der Waals surface area contributed by atoms with E-state index in [1.54, 1.807) is 20.4 Å². The van der Waals surface area contributed by atoms with E-state index in [0.29, 0.717) is 30.1 Å². The Balaban J connectivity index is 1.84. The molecule has 2 N–H and O–H groups in total. The zero-order valence-corrected chi connectivity index (χ0v) is 15.7. The van der Waals surface area contributed by atoms with E-state index in [1.807, 2.05) is 47.4 Å². The molecule has 0 radical (unpaired) electrons. The Bertz CT molecular complexity index is 997. The third-order valence-electron chi connectivity index (χ3n) is 5.06. The zero-order valence-electron chi connectivity index (χ0n) is 15.7. The summed E-state index contributed by atoms with van der Waals surface area (Å²) >= 11 is 0. The summed E-state index contributed by atoms with van der Waals surface area (Å²) in [6.07, 6.45) is 4.37. The van der Waals surface area contributed by atoms with Crippen LogP contribution in [-0.2, 0) is 4.79 Å². The molecule has 0 saturated heterocycles. The fourth-order valence-electron chi connectivity index (χ4n) is 3.46. The number of nitrogens with zero attached hydrogens (tertiary/aromatic N) is 2. The highest BCUT2D eigenvalue weighted by atomic mass is 16.5. The number of anilines is 2. The Kier molecular flexibility index (Phi) is 4.43.